The standard InChI is InChI=1S/C26H32O8/c27-23(28)15-13-19(25(31)32)7-3-5-17-11-12-18(22-10-2-1-9-21(17)22)6-4-8-20(26(33)34)14-16-24(29)30/h1-2,9-12,19-20H,3-8,13-16H2,(H,27,28)(H,29,30)(H,31,32)(H,33,34). The molecule has 2 unspecified atom stereocenters. The van der Waals surface area contributed by atoms with Crippen molar-refractivity contribution in [2.75, 3.05) is 0 Å². The van der Waals surface area contributed by atoms with E-state index in [2.05, 4.69) is 0 Å². The number of benzene rings is 2. The molecule has 4 N–H and O–H groups in total. The highest BCUT2D eigenvalue weighted by molar-refractivity contribution is 5.88. The minimum atomic E-state index is -0.996. The third-order valence-corrected chi connectivity index (χ3v) is 6.21. The molecule has 0 heterocycles. The molecule has 184 valence electrons. The summed E-state index contributed by atoms with van der Waals surface area (Å²) >= 11 is 0. The predicted octanol–water partition coefficient (Wildman–Crippen LogP) is 4.62. The molecular weight excluding hydrogens is 440 g/mol. The molecule has 8 heteroatoms. The van der Waals surface area contributed by atoms with E-state index in [-0.39, 0.29) is 25.7 Å². The molecule has 0 fully saturated rings. The highest BCUT2D eigenvalue weighted by Crippen LogP contribution is 2.27. The lowest BCUT2D eigenvalue weighted by atomic mass is 9.90. The molecule has 0 spiro atoms. The van der Waals surface area contributed by atoms with Crippen molar-refractivity contribution >= 4 is 34.6 Å². The smallest absolute Gasteiger partial charge is 0.306 e. The van der Waals surface area contributed by atoms with Gasteiger partial charge in [0.2, 0.25) is 0 Å². The number of rotatable bonds is 16. The quantitative estimate of drug-likeness (QED) is 0.276. The number of carboxylic acid groups (broad SMARTS) is 4. The Hall–Kier alpha value is -3.42. The maximum atomic E-state index is 11.4. The summed E-state index contributed by atoms with van der Waals surface area (Å²) in [5.74, 6) is -5.28. The Morgan fingerprint density at radius 2 is 0.971 bits per heavy atom. The molecule has 2 rings (SSSR count). The van der Waals surface area contributed by atoms with Crippen LogP contribution in [-0.2, 0) is 32.0 Å². The van der Waals surface area contributed by atoms with Crippen LogP contribution in [-0.4, -0.2) is 44.3 Å². The number of carboxylic acids is 4. The van der Waals surface area contributed by atoms with Crippen LogP contribution in [0, 0.1) is 11.8 Å². The van der Waals surface area contributed by atoms with Gasteiger partial charge in [0.05, 0.1) is 11.8 Å². The van der Waals surface area contributed by atoms with Gasteiger partial charge in [-0.3, -0.25) is 19.2 Å². The third kappa shape index (κ3) is 8.50. The molecule has 0 amide bonds. The van der Waals surface area contributed by atoms with Gasteiger partial charge in [-0.2, -0.15) is 0 Å². The van der Waals surface area contributed by atoms with Crippen molar-refractivity contribution in [3.05, 3.63) is 47.5 Å². The van der Waals surface area contributed by atoms with E-state index in [0.717, 1.165) is 21.9 Å². The zero-order valence-electron chi connectivity index (χ0n) is 19.1. The average molecular weight is 473 g/mol. The van der Waals surface area contributed by atoms with E-state index >= 15 is 0 Å². The SMILES string of the molecule is O=C(O)CCC(CCCc1ccc(CCCC(CCC(=O)O)C(=O)O)c2ccccc12)C(=O)O. The van der Waals surface area contributed by atoms with E-state index in [1.165, 1.54) is 0 Å². The second-order valence-electron chi connectivity index (χ2n) is 8.65. The second kappa shape index (κ2) is 13.3. The fourth-order valence-electron chi connectivity index (χ4n) is 4.32. The van der Waals surface area contributed by atoms with Crippen LogP contribution in [0.5, 0.6) is 0 Å². The average Bonchev–Trinajstić information content (AvgIpc) is 2.78. The molecule has 2 aromatic carbocycles. The minimum Gasteiger partial charge on any atom is -0.481 e. The number of fused-ring (bicyclic) bond motifs is 1. The minimum absolute atomic E-state index is 0.119. The molecule has 2 aromatic rings. The Bertz CT molecular complexity index is 933. The third-order valence-electron chi connectivity index (χ3n) is 6.21. The number of aryl methyl sites for hydroxylation is 2. The monoisotopic (exact) mass is 472 g/mol. The first-order valence-electron chi connectivity index (χ1n) is 11.6. The maximum absolute atomic E-state index is 11.4. The van der Waals surface area contributed by atoms with Gasteiger partial charge in [0.25, 0.3) is 0 Å². The van der Waals surface area contributed by atoms with Crippen molar-refractivity contribution in [2.24, 2.45) is 11.8 Å². The predicted molar refractivity (Wildman–Crippen MR) is 126 cm³/mol. The van der Waals surface area contributed by atoms with Crippen LogP contribution in [0.4, 0.5) is 0 Å². The van der Waals surface area contributed by atoms with Gasteiger partial charge in [-0.1, -0.05) is 36.4 Å². The molecular formula is C26H32O8. The first-order valence-corrected chi connectivity index (χ1v) is 11.6. The molecule has 0 aliphatic rings. The number of hydrogen-bond donors (Lipinski definition) is 4. The van der Waals surface area contributed by atoms with Crippen LogP contribution in [0.15, 0.2) is 36.4 Å². The molecule has 34 heavy (non-hydrogen) atoms. The van der Waals surface area contributed by atoms with Crippen LogP contribution in [0.1, 0.15) is 62.5 Å². The van der Waals surface area contributed by atoms with Crippen molar-refractivity contribution in [3.8, 4) is 0 Å². The van der Waals surface area contributed by atoms with Crippen LogP contribution < -0.4 is 0 Å². The Balaban J connectivity index is 2.02. The highest BCUT2D eigenvalue weighted by Gasteiger charge is 2.20. The molecule has 2 atom stereocenters. The summed E-state index contributed by atoms with van der Waals surface area (Å²) in [6.07, 6.45) is 3.34. The summed E-state index contributed by atoms with van der Waals surface area (Å²) < 4.78 is 0. The number of carbonyl (C=O) groups is 4. The lowest BCUT2D eigenvalue weighted by Gasteiger charge is -2.15. The highest BCUT2D eigenvalue weighted by atomic mass is 16.4. The molecule has 0 saturated carbocycles. The van der Waals surface area contributed by atoms with Gasteiger partial charge < -0.3 is 20.4 Å². The topological polar surface area (TPSA) is 149 Å². The normalized spacial score (nSPS) is 12.8. The molecule has 0 radical (unpaired) electrons. The van der Waals surface area contributed by atoms with Gasteiger partial charge in [-0.25, -0.2) is 0 Å². The first kappa shape index (κ1) is 26.8. The molecule has 0 aliphatic carbocycles. The number of hydrogen-bond acceptors (Lipinski definition) is 4. The van der Waals surface area contributed by atoms with Crippen LogP contribution in [0.2, 0.25) is 0 Å². The Labute approximate surface area is 198 Å². The van der Waals surface area contributed by atoms with Crippen LogP contribution in [0.25, 0.3) is 10.8 Å². The van der Waals surface area contributed by atoms with Gasteiger partial charge in [0.1, 0.15) is 0 Å². The number of aliphatic carboxylic acids is 4. The van der Waals surface area contributed by atoms with Crippen molar-refractivity contribution in [3.63, 3.8) is 0 Å². The van der Waals surface area contributed by atoms with Gasteiger partial charge in [-0.15, -0.1) is 0 Å². The zero-order valence-corrected chi connectivity index (χ0v) is 19.1. The first-order chi connectivity index (χ1) is 16.2. The van der Waals surface area contributed by atoms with E-state index in [4.69, 9.17) is 10.2 Å². The van der Waals surface area contributed by atoms with Gasteiger partial charge in [0.15, 0.2) is 0 Å². The fourth-order valence-corrected chi connectivity index (χ4v) is 4.32. The van der Waals surface area contributed by atoms with E-state index < -0.39 is 35.7 Å². The van der Waals surface area contributed by atoms with Gasteiger partial charge in [0, 0.05) is 12.8 Å². The Kier molecular flexibility index (Phi) is 10.5. The van der Waals surface area contributed by atoms with Gasteiger partial charge in [-0.05, 0) is 73.3 Å². The van der Waals surface area contributed by atoms with Crippen molar-refractivity contribution in [1.82, 2.24) is 0 Å². The van der Waals surface area contributed by atoms with E-state index in [1.54, 1.807) is 0 Å². The largest absolute Gasteiger partial charge is 0.481 e. The lowest BCUT2D eigenvalue weighted by molar-refractivity contribution is -0.145. The van der Waals surface area contributed by atoms with Crippen LogP contribution in [0.3, 0.4) is 0 Å². The molecule has 0 aliphatic heterocycles. The molecule has 0 bridgehead atoms. The zero-order chi connectivity index (χ0) is 25.1. The van der Waals surface area contributed by atoms with Crippen molar-refractivity contribution < 1.29 is 39.6 Å². The second-order valence-corrected chi connectivity index (χ2v) is 8.65. The Morgan fingerprint density at radius 3 is 1.29 bits per heavy atom. The van der Waals surface area contributed by atoms with Gasteiger partial charge >= 0.3 is 23.9 Å². The molecule has 0 saturated heterocycles. The summed E-state index contributed by atoms with van der Waals surface area (Å²) in [7, 11) is 0. The summed E-state index contributed by atoms with van der Waals surface area (Å²) in [5.41, 5.74) is 2.18. The molecule has 0 aromatic heterocycles. The van der Waals surface area contributed by atoms with Crippen molar-refractivity contribution in [1.29, 1.82) is 0 Å². The van der Waals surface area contributed by atoms with Crippen LogP contribution >= 0.6 is 0 Å². The maximum Gasteiger partial charge on any atom is 0.306 e. The summed E-state index contributed by atoms with van der Waals surface area (Å²) in [6.45, 7) is 0. The summed E-state index contributed by atoms with van der Waals surface area (Å²) in [5, 5.41) is 38.5. The Morgan fingerprint density at radius 1 is 0.588 bits per heavy atom. The van der Waals surface area contributed by atoms with E-state index in [1.807, 2.05) is 36.4 Å². The molecule has 8 nitrogen and oxygen atoms in total. The summed E-state index contributed by atoms with van der Waals surface area (Å²) in [4.78, 5) is 44.4. The lowest BCUT2D eigenvalue weighted by Crippen LogP contribution is -2.15. The van der Waals surface area contributed by atoms with Crippen molar-refractivity contribution in [2.45, 2.75) is 64.2 Å². The van der Waals surface area contributed by atoms with E-state index in [9.17, 15) is 29.4 Å². The summed E-state index contributed by atoms with van der Waals surface area (Å²) in [6, 6.07) is 11.9. The fraction of sp³-hybridized carbons (Fsp3) is 0.462. The van der Waals surface area contributed by atoms with E-state index in [0.29, 0.717) is 38.5 Å².